The first kappa shape index (κ1) is 23.6. The zero-order valence-electron chi connectivity index (χ0n) is 25.0. The molecule has 0 saturated heterocycles. The molecule has 4 aliphatic rings. The lowest BCUT2D eigenvalue weighted by atomic mass is 9.48. The second-order valence-corrected chi connectivity index (χ2v) is 15.3. The number of benzene rings is 3. The van der Waals surface area contributed by atoms with Crippen molar-refractivity contribution in [2.75, 3.05) is 0 Å². The molecule has 4 fully saturated rings. The predicted octanol–water partition coefficient (Wildman–Crippen LogP) is 9.20. The van der Waals surface area contributed by atoms with Crippen LogP contribution < -0.4 is 4.57 Å². The number of rotatable bonds is 1. The molecule has 0 N–H and O–H groups in total. The van der Waals surface area contributed by atoms with Crippen molar-refractivity contribution in [3.05, 3.63) is 70.9 Å². The van der Waals surface area contributed by atoms with Crippen LogP contribution in [-0.4, -0.2) is 4.40 Å². The standard InChI is InChI=1S/C38H41N2/c1-21-11-30-29-8-7-27(37(3,4)5)16-31(29)40-32-17-28(38-18-23-12-24(19-38)14-25(13-23)20-38)15-26-9-10-39(6)36(34(26)32)33(22(21)2)35(30)40/h7-11,15-17,23-25H,12-14,18-20H2,1-6H3/q+1. The maximum absolute atomic E-state index is 2.68. The van der Waals surface area contributed by atoms with Gasteiger partial charge in [-0.3, -0.25) is 0 Å². The molecule has 0 aliphatic heterocycles. The van der Waals surface area contributed by atoms with Crippen LogP contribution in [0.3, 0.4) is 0 Å². The summed E-state index contributed by atoms with van der Waals surface area (Å²) in [6.45, 7) is 11.7. The summed E-state index contributed by atoms with van der Waals surface area (Å²) < 4.78 is 5.07. The fourth-order valence-corrected chi connectivity index (χ4v) is 10.1. The van der Waals surface area contributed by atoms with Gasteiger partial charge < -0.3 is 4.40 Å². The van der Waals surface area contributed by atoms with E-state index in [1.54, 1.807) is 5.56 Å². The van der Waals surface area contributed by atoms with Crippen LogP contribution in [0.4, 0.5) is 0 Å². The molecular formula is C38H41N2+. The molecule has 0 amide bonds. The third-order valence-electron chi connectivity index (χ3n) is 11.8. The second kappa shape index (κ2) is 7.38. The summed E-state index contributed by atoms with van der Waals surface area (Å²) in [5.41, 5.74) is 11.9. The van der Waals surface area contributed by atoms with Crippen molar-refractivity contribution in [2.45, 2.75) is 84.0 Å². The third kappa shape index (κ3) is 2.88. The van der Waals surface area contributed by atoms with E-state index in [0.717, 1.165) is 17.8 Å². The van der Waals surface area contributed by atoms with Crippen molar-refractivity contribution in [2.24, 2.45) is 24.8 Å². The fraction of sp³-hybridized carbons (Fsp3) is 0.447. The Morgan fingerprint density at radius 3 is 2.17 bits per heavy atom. The molecule has 4 saturated carbocycles. The van der Waals surface area contributed by atoms with Crippen molar-refractivity contribution in [3.8, 4) is 0 Å². The van der Waals surface area contributed by atoms with Gasteiger partial charge in [-0.1, -0.05) is 32.9 Å². The van der Waals surface area contributed by atoms with E-state index in [1.807, 2.05) is 0 Å². The van der Waals surface area contributed by atoms with Gasteiger partial charge in [0.15, 0.2) is 6.20 Å². The molecule has 4 bridgehead atoms. The van der Waals surface area contributed by atoms with Crippen LogP contribution in [0.5, 0.6) is 0 Å². The average Bonchev–Trinajstić information content (AvgIpc) is 3.22. The minimum Gasteiger partial charge on any atom is -0.307 e. The van der Waals surface area contributed by atoms with Crippen LogP contribution >= 0.6 is 0 Å². The molecule has 10 rings (SSSR count). The van der Waals surface area contributed by atoms with Gasteiger partial charge in [-0.2, -0.15) is 0 Å². The van der Waals surface area contributed by atoms with Crippen LogP contribution in [0.1, 0.15) is 81.5 Å². The third-order valence-corrected chi connectivity index (χ3v) is 11.8. The van der Waals surface area contributed by atoms with E-state index in [1.165, 1.54) is 104 Å². The van der Waals surface area contributed by atoms with Crippen molar-refractivity contribution >= 4 is 49.0 Å². The lowest BCUT2D eigenvalue weighted by Gasteiger charge is -2.57. The second-order valence-electron chi connectivity index (χ2n) is 15.3. The van der Waals surface area contributed by atoms with Gasteiger partial charge in [-0.25, -0.2) is 4.57 Å². The molecule has 0 atom stereocenters. The van der Waals surface area contributed by atoms with E-state index < -0.39 is 0 Å². The van der Waals surface area contributed by atoms with E-state index >= 15 is 0 Å². The topological polar surface area (TPSA) is 8.29 Å². The van der Waals surface area contributed by atoms with E-state index in [-0.39, 0.29) is 5.41 Å². The monoisotopic (exact) mass is 525 g/mol. The molecule has 2 heteroatoms. The van der Waals surface area contributed by atoms with Gasteiger partial charge in [0.25, 0.3) is 0 Å². The molecule has 0 radical (unpaired) electrons. The number of fused-ring (bicyclic) bond motifs is 5. The Morgan fingerprint density at radius 1 is 0.800 bits per heavy atom. The Bertz CT molecular complexity index is 2010. The Kier molecular flexibility index (Phi) is 4.35. The Morgan fingerprint density at radius 2 is 1.50 bits per heavy atom. The lowest BCUT2D eigenvalue weighted by molar-refractivity contribution is -0.643. The summed E-state index contributed by atoms with van der Waals surface area (Å²) >= 11 is 0. The van der Waals surface area contributed by atoms with Gasteiger partial charge in [-0.15, -0.1) is 0 Å². The highest BCUT2D eigenvalue weighted by atomic mass is 15.0. The van der Waals surface area contributed by atoms with Crippen LogP contribution in [0, 0.1) is 31.6 Å². The van der Waals surface area contributed by atoms with Crippen molar-refractivity contribution in [1.29, 1.82) is 0 Å². The average molecular weight is 526 g/mol. The maximum atomic E-state index is 2.68. The van der Waals surface area contributed by atoms with E-state index in [9.17, 15) is 0 Å². The van der Waals surface area contributed by atoms with Gasteiger partial charge in [0.2, 0.25) is 5.52 Å². The lowest BCUT2D eigenvalue weighted by Crippen LogP contribution is -2.48. The predicted molar refractivity (Wildman–Crippen MR) is 168 cm³/mol. The Balaban J connectivity index is 1.50. The molecule has 4 aliphatic carbocycles. The molecular weight excluding hydrogens is 484 g/mol. The van der Waals surface area contributed by atoms with E-state index in [2.05, 4.69) is 99.3 Å². The smallest absolute Gasteiger partial charge is 0.224 e. The number of aromatic nitrogens is 2. The number of nitrogens with zero attached hydrogens (tertiary/aromatic N) is 2. The first-order valence-electron chi connectivity index (χ1n) is 15.7. The summed E-state index contributed by atoms with van der Waals surface area (Å²) in [4.78, 5) is 0. The fourth-order valence-electron chi connectivity index (χ4n) is 10.1. The van der Waals surface area contributed by atoms with Crippen molar-refractivity contribution < 1.29 is 4.57 Å². The molecule has 202 valence electrons. The molecule has 3 aromatic carbocycles. The van der Waals surface area contributed by atoms with Gasteiger partial charge in [0.1, 0.15) is 7.05 Å². The highest BCUT2D eigenvalue weighted by Crippen LogP contribution is 2.61. The van der Waals surface area contributed by atoms with Gasteiger partial charge in [0.05, 0.1) is 27.3 Å². The molecule has 3 heterocycles. The number of hydrogen-bond donors (Lipinski definition) is 0. The summed E-state index contributed by atoms with van der Waals surface area (Å²) in [6.07, 6.45) is 11.0. The largest absolute Gasteiger partial charge is 0.307 e. The number of pyridine rings is 2. The zero-order valence-corrected chi connectivity index (χ0v) is 25.0. The van der Waals surface area contributed by atoms with Crippen molar-refractivity contribution in [1.82, 2.24) is 4.40 Å². The molecule has 3 aromatic heterocycles. The highest BCUT2D eigenvalue weighted by molar-refractivity contribution is 6.26. The zero-order chi connectivity index (χ0) is 27.3. The van der Waals surface area contributed by atoms with Crippen LogP contribution in [0.2, 0.25) is 0 Å². The SMILES string of the molecule is Cc1cc2c3ccc(C(C)(C)C)cc3n3c4cc(C56CC7CC(CC(C7)C5)C6)cc5cc[n+](C)c(c(c1C)c23)c54. The molecule has 40 heavy (non-hydrogen) atoms. The van der Waals surface area contributed by atoms with E-state index in [4.69, 9.17) is 0 Å². The molecule has 0 spiro atoms. The Labute approximate surface area is 237 Å². The molecule has 0 unspecified atom stereocenters. The quantitative estimate of drug-likeness (QED) is 0.115. The van der Waals surface area contributed by atoms with Gasteiger partial charge >= 0.3 is 0 Å². The first-order valence-corrected chi connectivity index (χ1v) is 15.7. The first-order chi connectivity index (χ1) is 19.1. The normalized spacial score (nSPS) is 26.5. The maximum Gasteiger partial charge on any atom is 0.224 e. The van der Waals surface area contributed by atoms with Crippen LogP contribution in [0.15, 0.2) is 48.7 Å². The summed E-state index contributed by atoms with van der Waals surface area (Å²) in [7, 11) is 2.25. The summed E-state index contributed by atoms with van der Waals surface area (Å²) in [6, 6.07) is 17.4. The van der Waals surface area contributed by atoms with Crippen LogP contribution in [0.25, 0.3) is 49.0 Å². The molecule has 2 nitrogen and oxygen atoms in total. The minimum atomic E-state index is 0.106. The van der Waals surface area contributed by atoms with Gasteiger partial charge in [-0.05, 0) is 133 Å². The molecule has 6 aromatic rings. The highest BCUT2D eigenvalue weighted by Gasteiger charge is 2.51. The van der Waals surface area contributed by atoms with Crippen molar-refractivity contribution in [3.63, 3.8) is 0 Å². The Hall–Kier alpha value is -3.13. The number of hydrogen-bond acceptors (Lipinski definition) is 0. The van der Waals surface area contributed by atoms with Crippen LogP contribution in [-0.2, 0) is 17.9 Å². The minimum absolute atomic E-state index is 0.106. The van der Waals surface area contributed by atoms with Gasteiger partial charge in [0, 0.05) is 16.8 Å². The number of aryl methyl sites for hydroxylation is 3. The van der Waals surface area contributed by atoms with E-state index in [0.29, 0.717) is 5.41 Å². The summed E-state index contributed by atoms with van der Waals surface area (Å²) in [5, 5.41) is 7.06. The summed E-state index contributed by atoms with van der Waals surface area (Å²) in [5.74, 6) is 2.84.